The maximum absolute atomic E-state index is 13.2. The van der Waals surface area contributed by atoms with E-state index in [0.717, 1.165) is 48.3 Å². The number of carboxylic acids is 1. The van der Waals surface area contributed by atoms with Crippen LogP contribution in [-0.2, 0) is 5.41 Å². The fourth-order valence-electron chi connectivity index (χ4n) is 5.20. The van der Waals surface area contributed by atoms with Crippen molar-refractivity contribution in [3.63, 3.8) is 0 Å². The number of hydrogen-bond donors (Lipinski definition) is 2. The summed E-state index contributed by atoms with van der Waals surface area (Å²) in [5.41, 5.74) is 5.21. The Balaban J connectivity index is 1.50. The molecule has 1 saturated carbocycles. The number of imidazole rings is 1. The Morgan fingerprint density at radius 2 is 1.65 bits per heavy atom. The summed E-state index contributed by atoms with van der Waals surface area (Å²) in [5.74, 6) is -0.377. The van der Waals surface area contributed by atoms with E-state index >= 15 is 0 Å². The molecule has 4 aromatic rings. The second-order valence-corrected chi connectivity index (χ2v) is 11.0. The first-order chi connectivity index (χ1) is 17.7. The highest BCUT2D eigenvalue weighted by Crippen LogP contribution is 2.36. The minimum atomic E-state index is -0.968. The van der Waals surface area contributed by atoms with Crippen LogP contribution in [0.1, 0.15) is 85.2 Å². The molecule has 1 amide bonds. The van der Waals surface area contributed by atoms with E-state index in [-0.39, 0.29) is 16.9 Å². The second-order valence-electron chi connectivity index (χ2n) is 11.0. The molecule has 0 spiro atoms. The normalized spacial score (nSPS) is 14.6. The first-order valence-electron chi connectivity index (χ1n) is 13.0. The van der Waals surface area contributed by atoms with Gasteiger partial charge in [-0.3, -0.25) is 4.79 Å². The summed E-state index contributed by atoms with van der Waals surface area (Å²) < 4.78 is 2.25. The Kier molecular flexibility index (Phi) is 6.59. The molecule has 0 radical (unpaired) electrons. The third-order valence-corrected chi connectivity index (χ3v) is 7.27. The van der Waals surface area contributed by atoms with Crippen molar-refractivity contribution in [2.45, 2.75) is 64.3 Å². The number of nitrogens with one attached hydrogen (secondary N) is 1. The maximum atomic E-state index is 13.2. The predicted molar refractivity (Wildman–Crippen MR) is 147 cm³/mol. The number of aromatic nitrogens is 2. The zero-order valence-corrected chi connectivity index (χ0v) is 21.6. The largest absolute Gasteiger partial charge is 0.478 e. The van der Waals surface area contributed by atoms with Crippen molar-refractivity contribution in [1.29, 1.82) is 0 Å². The standard InChI is InChI=1S/C31H33N3O3/c1-31(2,3)23-13-15-24(16-14-23)32-29(35)21-9-7-8-20(18-21)28-33-26-19-22(30(36)37)12-17-27(26)34(28)25-10-5-4-6-11-25/h7-9,12-19,25H,4-6,10-11H2,1-3H3,(H,32,35)(H,36,37). The van der Waals surface area contributed by atoms with E-state index in [1.165, 1.54) is 12.0 Å². The Bertz CT molecular complexity index is 1460. The molecule has 3 aromatic carbocycles. The summed E-state index contributed by atoms with van der Waals surface area (Å²) in [6.45, 7) is 6.49. The molecule has 2 N–H and O–H groups in total. The van der Waals surface area contributed by atoms with Gasteiger partial charge < -0.3 is 15.0 Å². The van der Waals surface area contributed by atoms with Crippen molar-refractivity contribution >= 4 is 28.6 Å². The molecule has 0 unspecified atom stereocenters. The lowest BCUT2D eigenvalue weighted by molar-refractivity contribution is 0.0696. The van der Waals surface area contributed by atoms with Crippen molar-refractivity contribution in [3.8, 4) is 11.4 Å². The zero-order valence-electron chi connectivity index (χ0n) is 21.6. The van der Waals surface area contributed by atoms with E-state index in [1.54, 1.807) is 18.2 Å². The number of carbonyl (C=O) groups excluding carboxylic acids is 1. The summed E-state index contributed by atoms with van der Waals surface area (Å²) in [6.07, 6.45) is 5.67. The molecule has 0 saturated heterocycles. The van der Waals surface area contributed by atoms with Gasteiger partial charge in [0.05, 0.1) is 16.6 Å². The van der Waals surface area contributed by atoms with Crippen LogP contribution in [0.3, 0.4) is 0 Å². The summed E-state index contributed by atoms with van der Waals surface area (Å²) >= 11 is 0. The van der Waals surface area contributed by atoms with Crippen LogP contribution in [0.25, 0.3) is 22.4 Å². The third-order valence-electron chi connectivity index (χ3n) is 7.27. The number of anilines is 1. The lowest BCUT2D eigenvalue weighted by Gasteiger charge is -2.25. The fourth-order valence-corrected chi connectivity index (χ4v) is 5.20. The van der Waals surface area contributed by atoms with Crippen molar-refractivity contribution < 1.29 is 14.7 Å². The highest BCUT2D eigenvalue weighted by molar-refractivity contribution is 6.05. The number of carbonyl (C=O) groups is 2. The molecule has 37 heavy (non-hydrogen) atoms. The van der Waals surface area contributed by atoms with Gasteiger partial charge >= 0.3 is 5.97 Å². The molecule has 1 aliphatic carbocycles. The van der Waals surface area contributed by atoms with Gasteiger partial charge in [-0.25, -0.2) is 9.78 Å². The van der Waals surface area contributed by atoms with Gasteiger partial charge in [0.25, 0.3) is 5.91 Å². The van der Waals surface area contributed by atoms with Crippen molar-refractivity contribution in [2.75, 3.05) is 5.32 Å². The van der Waals surface area contributed by atoms with Gasteiger partial charge in [0.15, 0.2) is 0 Å². The Hall–Kier alpha value is -3.93. The molecule has 1 fully saturated rings. The average Bonchev–Trinajstić information content (AvgIpc) is 3.28. The average molecular weight is 496 g/mol. The lowest BCUT2D eigenvalue weighted by atomic mass is 9.87. The highest BCUT2D eigenvalue weighted by Gasteiger charge is 2.23. The first kappa shape index (κ1) is 24.8. The van der Waals surface area contributed by atoms with E-state index in [1.807, 2.05) is 48.5 Å². The number of carboxylic acid groups (broad SMARTS) is 1. The fraction of sp³-hybridized carbons (Fsp3) is 0.323. The smallest absolute Gasteiger partial charge is 0.335 e. The molecule has 190 valence electrons. The van der Waals surface area contributed by atoms with Crippen molar-refractivity contribution in [1.82, 2.24) is 9.55 Å². The van der Waals surface area contributed by atoms with E-state index < -0.39 is 5.97 Å². The summed E-state index contributed by atoms with van der Waals surface area (Å²) in [5, 5.41) is 12.5. The highest BCUT2D eigenvalue weighted by atomic mass is 16.4. The van der Waals surface area contributed by atoms with Gasteiger partial charge in [0.2, 0.25) is 0 Å². The quantitative estimate of drug-likeness (QED) is 0.301. The second kappa shape index (κ2) is 9.85. The summed E-state index contributed by atoms with van der Waals surface area (Å²) in [4.78, 5) is 29.6. The summed E-state index contributed by atoms with van der Waals surface area (Å²) in [7, 11) is 0. The van der Waals surface area contributed by atoms with Crippen LogP contribution in [-0.4, -0.2) is 26.5 Å². The molecular formula is C31H33N3O3. The molecular weight excluding hydrogens is 462 g/mol. The monoisotopic (exact) mass is 495 g/mol. The molecule has 6 heteroatoms. The molecule has 0 aliphatic heterocycles. The van der Waals surface area contributed by atoms with Gasteiger partial charge in [0, 0.05) is 22.9 Å². The molecule has 5 rings (SSSR count). The lowest BCUT2D eigenvalue weighted by Crippen LogP contribution is -2.15. The number of amides is 1. The van der Waals surface area contributed by atoms with Crippen LogP contribution in [0.2, 0.25) is 0 Å². The maximum Gasteiger partial charge on any atom is 0.335 e. The molecule has 6 nitrogen and oxygen atoms in total. The number of rotatable bonds is 5. The number of fused-ring (bicyclic) bond motifs is 1. The number of nitrogens with zero attached hydrogens (tertiary/aromatic N) is 2. The number of hydrogen-bond acceptors (Lipinski definition) is 3. The number of aromatic carboxylic acids is 1. The number of benzene rings is 3. The van der Waals surface area contributed by atoms with E-state index in [0.29, 0.717) is 17.1 Å². The van der Waals surface area contributed by atoms with E-state index in [2.05, 4.69) is 30.7 Å². The van der Waals surface area contributed by atoms with Crippen LogP contribution in [0.4, 0.5) is 5.69 Å². The SMILES string of the molecule is CC(C)(C)c1ccc(NC(=O)c2cccc(-c3nc4cc(C(=O)O)ccc4n3C3CCCCC3)c2)cc1. The van der Waals surface area contributed by atoms with Gasteiger partial charge in [-0.15, -0.1) is 0 Å². The minimum Gasteiger partial charge on any atom is -0.478 e. The van der Waals surface area contributed by atoms with Crippen LogP contribution >= 0.6 is 0 Å². The summed E-state index contributed by atoms with van der Waals surface area (Å²) in [6, 6.07) is 20.9. The first-order valence-corrected chi connectivity index (χ1v) is 13.0. The zero-order chi connectivity index (χ0) is 26.2. The van der Waals surface area contributed by atoms with Crippen molar-refractivity contribution in [2.24, 2.45) is 0 Å². The molecule has 0 bridgehead atoms. The van der Waals surface area contributed by atoms with Crippen LogP contribution < -0.4 is 5.32 Å². The molecule has 1 heterocycles. The Morgan fingerprint density at radius 1 is 0.919 bits per heavy atom. The van der Waals surface area contributed by atoms with Gasteiger partial charge in [-0.1, -0.05) is 64.3 Å². The van der Waals surface area contributed by atoms with Crippen LogP contribution in [0.15, 0.2) is 66.7 Å². The van der Waals surface area contributed by atoms with Crippen LogP contribution in [0, 0.1) is 0 Å². The molecule has 1 aromatic heterocycles. The Morgan fingerprint density at radius 3 is 2.32 bits per heavy atom. The van der Waals surface area contributed by atoms with Crippen LogP contribution in [0.5, 0.6) is 0 Å². The van der Waals surface area contributed by atoms with Gasteiger partial charge in [-0.2, -0.15) is 0 Å². The third kappa shape index (κ3) is 5.15. The molecule has 0 atom stereocenters. The van der Waals surface area contributed by atoms with E-state index in [9.17, 15) is 14.7 Å². The Labute approximate surface area is 217 Å². The van der Waals surface area contributed by atoms with Crippen molar-refractivity contribution in [3.05, 3.63) is 83.4 Å². The predicted octanol–water partition coefficient (Wildman–Crippen LogP) is 7.46. The minimum absolute atomic E-state index is 0.0475. The molecule has 1 aliphatic rings. The van der Waals surface area contributed by atoms with E-state index in [4.69, 9.17) is 4.98 Å². The van der Waals surface area contributed by atoms with Gasteiger partial charge in [-0.05, 0) is 66.3 Å². The van der Waals surface area contributed by atoms with Gasteiger partial charge in [0.1, 0.15) is 5.82 Å². The topological polar surface area (TPSA) is 84.2 Å².